The predicted octanol–water partition coefficient (Wildman–Crippen LogP) is 2.82. The molecule has 1 N–H and O–H groups in total. The summed E-state index contributed by atoms with van der Waals surface area (Å²) < 4.78 is 0. The molecular formula is C10H24FN. The monoisotopic (exact) mass is 177 g/mol. The van der Waals surface area contributed by atoms with Gasteiger partial charge in [-0.2, -0.15) is 0 Å². The van der Waals surface area contributed by atoms with E-state index in [4.69, 9.17) is 0 Å². The molecule has 0 aromatic heterocycles. The van der Waals surface area contributed by atoms with E-state index in [0.717, 1.165) is 13.1 Å². The molecule has 0 fully saturated rings. The average molecular weight is 177 g/mol. The maximum absolute atomic E-state index is 3.47. The van der Waals surface area contributed by atoms with Gasteiger partial charge in [-0.25, -0.2) is 0 Å². The zero-order valence-electron chi connectivity index (χ0n) is 9.32. The quantitative estimate of drug-likeness (QED) is 0.684. The highest BCUT2D eigenvalue weighted by Crippen LogP contribution is 2.13. The lowest BCUT2D eigenvalue weighted by molar-refractivity contribution is 0.322. The van der Waals surface area contributed by atoms with Gasteiger partial charge in [0.2, 0.25) is 0 Å². The number of halogens is 1. The minimum absolute atomic E-state index is 0. The van der Waals surface area contributed by atoms with Gasteiger partial charge >= 0.3 is 0 Å². The molecule has 0 unspecified atom stereocenters. The molecule has 0 aromatic rings. The van der Waals surface area contributed by atoms with Crippen LogP contribution in [-0.2, 0) is 0 Å². The fourth-order valence-corrected chi connectivity index (χ4v) is 0.812. The number of hydrogen-bond acceptors (Lipinski definition) is 1. The highest BCUT2D eigenvalue weighted by Gasteiger charge is 2.13. The number of hydrogen-bond donors (Lipinski definition) is 1. The van der Waals surface area contributed by atoms with E-state index < -0.39 is 0 Å². The molecule has 0 radical (unpaired) electrons. The zero-order chi connectivity index (χ0) is 9.12. The first-order valence-electron chi connectivity index (χ1n) is 4.41. The molecule has 0 aliphatic heterocycles. The molecule has 0 rings (SSSR count). The van der Waals surface area contributed by atoms with Crippen LogP contribution >= 0.6 is 0 Å². The molecule has 0 saturated heterocycles. The highest BCUT2D eigenvalue weighted by atomic mass is 19.0. The Bertz CT molecular complexity index is 94.0. The third-order valence-electron chi connectivity index (χ3n) is 1.31. The minimum Gasteiger partial charge on any atom is -0.316 e. The van der Waals surface area contributed by atoms with E-state index in [1.807, 2.05) is 0 Å². The van der Waals surface area contributed by atoms with Gasteiger partial charge in [0.15, 0.2) is 0 Å². The summed E-state index contributed by atoms with van der Waals surface area (Å²) in [5.74, 6) is 0. The van der Waals surface area contributed by atoms with Crippen LogP contribution in [0.4, 0.5) is 4.70 Å². The Morgan fingerprint density at radius 2 is 1.00 bits per heavy atom. The first-order chi connectivity index (χ1) is 4.71. The zero-order valence-corrected chi connectivity index (χ0v) is 9.32. The average Bonchev–Trinajstić information content (AvgIpc) is 1.55. The summed E-state index contributed by atoms with van der Waals surface area (Å²) in [6, 6.07) is 0. The van der Waals surface area contributed by atoms with Crippen molar-refractivity contribution in [1.82, 2.24) is 5.32 Å². The Balaban J connectivity index is 0. The van der Waals surface area contributed by atoms with Crippen molar-refractivity contribution in [3.8, 4) is 0 Å². The molecule has 0 atom stereocenters. The second-order valence-corrected chi connectivity index (χ2v) is 5.72. The number of rotatable bonds is 2. The molecule has 0 aliphatic carbocycles. The van der Waals surface area contributed by atoms with E-state index in [-0.39, 0.29) is 4.70 Å². The van der Waals surface area contributed by atoms with Crippen molar-refractivity contribution < 1.29 is 4.70 Å². The van der Waals surface area contributed by atoms with Gasteiger partial charge in [-0.1, -0.05) is 41.5 Å². The lowest BCUT2D eigenvalue weighted by Gasteiger charge is -2.24. The molecule has 0 bridgehead atoms. The fraction of sp³-hybridized carbons (Fsp3) is 1.00. The molecular weight excluding hydrogens is 153 g/mol. The third-order valence-corrected chi connectivity index (χ3v) is 1.31. The first kappa shape index (κ1) is 14.4. The summed E-state index contributed by atoms with van der Waals surface area (Å²) in [5, 5.41) is 3.47. The van der Waals surface area contributed by atoms with E-state index in [0.29, 0.717) is 10.8 Å². The van der Waals surface area contributed by atoms with Crippen LogP contribution < -0.4 is 5.32 Å². The van der Waals surface area contributed by atoms with Crippen molar-refractivity contribution in [3.63, 3.8) is 0 Å². The normalized spacial score (nSPS) is 12.5. The molecule has 0 spiro atoms. The molecule has 0 aromatic carbocycles. The summed E-state index contributed by atoms with van der Waals surface area (Å²) in [5.41, 5.74) is 0.816. The van der Waals surface area contributed by atoms with Crippen LogP contribution in [0.5, 0.6) is 0 Å². The third kappa shape index (κ3) is 12.6. The molecule has 12 heavy (non-hydrogen) atoms. The van der Waals surface area contributed by atoms with Crippen LogP contribution in [0.1, 0.15) is 41.5 Å². The van der Waals surface area contributed by atoms with Crippen LogP contribution in [0.2, 0.25) is 0 Å². The van der Waals surface area contributed by atoms with Crippen LogP contribution in [0.25, 0.3) is 0 Å². The lowest BCUT2D eigenvalue weighted by atomic mass is 9.94. The van der Waals surface area contributed by atoms with Gasteiger partial charge in [-0.05, 0) is 10.8 Å². The van der Waals surface area contributed by atoms with Gasteiger partial charge in [-0.15, -0.1) is 0 Å². The minimum atomic E-state index is 0. The van der Waals surface area contributed by atoms with Gasteiger partial charge < -0.3 is 5.32 Å². The van der Waals surface area contributed by atoms with Gasteiger partial charge in [0.1, 0.15) is 0 Å². The van der Waals surface area contributed by atoms with E-state index >= 15 is 0 Å². The molecule has 0 amide bonds. The van der Waals surface area contributed by atoms with Crippen LogP contribution in [0, 0.1) is 10.8 Å². The van der Waals surface area contributed by atoms with Gasteiger partial charge in [0.05, 0.1) is 0 Å². The van der Waals surface area contributed by atoms with Crippen molar-refractivity contribution in [2.45, 2.75) is 41.5 Å². The SMILES string of the molecule is CC(C)(C)CNCC(C)(C)C.F. The molecule has 0 aliphatic rings. The molecule has 76 valence electrons. The standard InChI is InChI=1S/C10H23N.FH/c1-9(2,3)7-11-8-10(4,5)6;/h11H,7-8H2,1-6H3;1H. The van der Waals surface area contributed by atoms with Crippen molar-refractivity contribution in [1.29, 1.82) is 0 Å². The maximum Gasteiger partial charge on any atom is 0.0000101 e. The molecule has 1 nitrogen and oxygen atoms in total. The summed E-state index contributed by atoms with van der Waals surface area (Å²) >= 11 is 0. The maximum atomic E-state index is 3.47. The van der Waals surface area contributed by atoms with Crippen LogP contribution in [-0.4, -0.2) is 13.1 Å². The Morgan fingerprint density at radius 1 is 0.750 bits per heavy atom. The molecule has 0 heterocycles. The molecule has 0 saturated carbocycles. The van der Waals surface area contributed by atoms with E-state index in [1.165, 1.54) is 0 Å². The van der Waals surface area contributed by atoms with E-state index in [9.17, 15) is 0 Å². The van der Waals surface area contributed by atoms with Crippen molar-refractivity contribution in [3.05, 3.63) is 0 Å². The summed E-state index contributed by atoms with van der Waals surface area (Å²) in [6.07, 6.45) is 0. The van der Waals surface area contributed by atoms with Gasteiger partial charge in [-0.3, -0.25) is 4.70 Å². The Kier molecular flexibility index (Phi) is 5.77. The Hall–Kier alpha value is -0.110. The molecule has 2 heteroatoms. The topological polar surface area (TPSA) is 12.0 Å². The van der Waals surface area contributed by atoms with Crippen LogP contribution in [0.3, 0.4) is 0 Å². The predicted molar refractivity (Wildman–Crippen MR) is 54.3 cm³/mol. The second-order valence-electron chi connectivity index (χ2n) is 5.72. The fourth-order valence-electron chi connectivity index (χ4n) is 0.812. The van der Waals surface area contributed by atoms with Gasteiger partial charge in [0, 0.05) is 13.1 Å². The Morgan fingerprint density at radius 3 is 1.17 bits per heavy atom. The summed E-state index contributed by atoms with van der Waals surface area (Å²) in [6.45, 7) is 15.7. The highest BCUT2D eigenvalue weighted by molar-refractivity contribution is 4.69. The smallest absolute Gasteiger partial charge is 0.0000101 e. The van der Waals surface area contributed by atoms with Gasteiger partial charge in [0.25, 0.3) is 0 Å². The lowest BCUT2D eigenvalue weighted by Crippen LogP contribution is -2.33. The van der Waals surface area contributed by atoms with Crippen molar-refractivity contribution in [2.24, 2.45) is 10.8 Å². The van der Waals surface area contributed by atoms with E-state index in [1.54, 1.807) is 0 Å². The first-order valence-corrected chi connectivity index (χ1v) is 4.41. The summed E-state index contributed by atoms with van der Waals surface area (Å²) in [7, 11) is 0. The van der Waals surface area contributed by atoms with Crippen molar-refractivity contribution >= 4 is 0 Å². The van der Waals surface area contributed by atoms with Crippen LogP contribution in [0.15, 0.2) is 0 Å². The summed E-state index contributed by atoms with van der Waals surface area (Å²) in [4.78, 5) is 0. The van der Waals surface area contributed by atoms with Crippen molar-refractivity contribution in [2.75, 3.05) is 13.1 Å². The number of nitrogens with one attached hydrogen (secondary N) is 1. The second kappa shape index (κ2) is 4.80. The Labute approximate surface area is 76.3 Å². The largest absolute Gasteiger partial charge is 0.316 e. The van der Waals surface area contributed by atoms with E-state index in [2.05, 4.69) is 46.9 Å².